The Labute approximate surface area is 101 Å². The summed E-state index contributed by atoms with van der Waals surface area (Å²) in [5.41, 5.74) is 1.94. The Morgan fingerprint density at radius 1 is 1.41 bits per heavy atom. The maximum Gasteiger partial charge on any atom is 0.108 e. The molecule has 0 saturated heterocycles. The molecule has 17 heavy (non-hydrogen) atoms. The van der Waals surface area contributed by atoms with Gasteiger partial charge in [-0.25, -0.2) is 4.98 Å². The second-order valence-corrected chi connectivity index (χ2v) is 4.30. The standard InChI is InChI=1S/C13H17N3O/c1-10-7-11(9-14-8-10)12(17)3-4-13-15-5-6-16(13)2/h5-9,12,17H,3-4H2,1-2H3. The summed E-state index contributed by atoms with van der Waals surface area (Å²) in [7, 11) is 1.96. The van der Waals surface area contributed by atoms with Gasteiger partial charge < -0.3 is 9.67 Å². The molecular weight excluding hydrogens is 214 g/mol. The quantitative estimate of drug-likeness (QED) is 0.872. The largest absolute Gasteiger partial charge is 0.388 e. The Hall–Kier alpha value is -1.68. The van der Waals surface area contributed by atoms with E-state index in [1.165, 1.54) is 0 Å². The minimum absolute atomic E-state index is 0.473. The SMILES string of the molecule is Cc1cncc(C(O)CCc2nccn2C)c1. The fourth-order valence-electron chi connectivity index (χ4n) is 1.83. The first kappa shape index (κ1) is 11.8. The molecule has 0 radical (unpaired) electrons. The third-order valence-electron chi connectivity index (χ3n) is 2.84. The lowest BCUT2D eigenvalue weighted by molar-refractivity contribution is 0.166. The van der Waals surface area contributed by atoms with Crippen molar-refractivity contribution >= 4 is 0 Å². The van der Waals surface area contributed by atoms with E-state index in [1.807, 2.05) is 30.8 Å². The highest BCUT2D eigenvalue weighted by atomic mass is 16.3. The molecule has 0 spiro atoms. The maximum atomic E-state index is 10.1. The molecule has 4 heteroatoms. The average Bonchev–Trinajstić information content (AvgIpc) is 2.72. The molecule has 4 nitrogen and oxygen atoms in total. The molecule has 0 aliphatic carbocycles. The van der Waals surface area contributed by atoms with E-state index in [1.54, 1.807) is 18.6 Å². The first-order valence-electron chi connectivity index (χ1n) is 5.72. The average molecular weight is 231 g/mol. The minimum atomic E-state index is -0.473. The molecule has 1 N–H and O–H groups in total. The Bertz CT molecular complexity index is 493. The molecule has 90 valence electrons. The highest BCUT2D eigenvalue weighted by Gasteiger charge is 2.09. The van der Waals surface area contributed by atoms with Crippen molar-refractivity contribution in [2.24, 2.45) is 7.05 Å². The zero-order chi connectivity index (χ0) is 12.3. The van der Waals surface area contributed by atoms with Gasteiger partial charge in [-0.2, -0.15) is 0 Å². The molecule has 0 fully saturated rings. The van der Waals surface area contributed by atoms with E-state index < -0.39 is 6.10 Å². The van der Waals surface area contributed by atoms with Crippen molar-refractivity contribution in [2.75, 3.05) is 0 Å². The van der Waals surface area contributed by atoms with Gasteiger partial charge in [0, 0.05) is 38.3 Å². The second kappa shape index (κ2) is 5.10. The van der Waals surface area contributed by atoms with Crippen LogP contribution in [0.15, 0.2) is 30.9 Å². The molecule has 0 amide bonds. The first-order chi connectivity index (χ1) is 8.16. The fraction of sp³-hybridized carbons (Fsp3) is 0.385. The highest BCUT2D eigenvalue weighted by molar-refractivity contribution is 5.18. The number of hydrogen-bond acceptors (Lipinski definition) is 3. The molecule has 2 aromatic heterocycles. The summed E-state index contributed by atoms with van der Waals surface area (Å²) in [5, 5.41) is 10.1. The number of aliphatic hydroxyl groups is 1. The molecule has 2 rings (SSSR count). The van der Waals surface area contributed by atoms with E-state index in [9.17, 15) is 5.11 Å². The fourth-order valence-corrected chi connectivity index (χ4v) is 1.83. The number of nitrogens with zero attached hydrogens (tertiary/aromatic N) is 3. The normalized spacial score (nSPS) is 12.6. The zero-order valence-corrected chi connectivity index (χ0v) is 10.2. The number of aromatic nitrogens is 3. The number of aliphatic hydroxyl groups excluding tert-OH is 1. The van der Waals surface area contributed by atoms with Crippen LogP contribution in [0.5, 0.6) is 0 Å². The van der Waals surface area contributed by atoms with Crippen LogP contribution in [0.1, 0.15) is 29.5 Å². The topological polar surface area (TPSA) is 50.9 Å². The van der Waals surface area contributed by atoms with Gasteiger partial charge >= 0.3 is 0 Å². The van der Waals surface area contributed by atoms with Crippen molar-refractivity contribution in [3.63, 3.8) is 0 Å². The van der Waals surface area contributed by atoms with Gasteiger partial charge in [0.2, 0.25) is 0 Å². The van der Waals surface area contributed by atoms with Gasteiger partial charge in [0.25, 0.3) is 0 Å². The van der Waals surface area contributed by atoms with E-state index in [0.717, 1.165) is 23.4 Å². The van der Waals surface area contributed by atoms with Crippen LogP contribution in [0.25, 0.3) is 0 Å². The van der Waals surface area contributed by atoms with Crippen LogP contribution in [0, 0.1) is 6.92 Å². The summed E-state index contributed by atoms with van der Waals surface area (Å²) < 4.78 is 1.97. The number of pyridine rings is 1. The summed E-state index contributed by atoms with van der Waals surface area (Å²) in [6, 6.07) is 1.97. The van der Waals surface area contributed by atoms with Crippen molar-refractivity contribution < 1.29 is 5.11 Å². The van der Waals surface area contributed by atoms with Crippen molar-refractivity contribution in [2.45, 2.75) is 25.9 Å². The monoisotopic (exact) mass is 231 g/mol. The van der Waals surface area contributed by atoms with Crippen LogP contribution in [-0.4, -0.2) is 19.6 Å². The second-order valence-electron chi connectivity index (χ2n) is 4.30. The molecule has 2 aromatic rings. The lowest BCUT2D eigenvalue weighted by Crippen LogP contribution is -2.04. The molecule has 0 bridgehead atoms. The van der Waals surface area contributed by atoms with Crippen molar-refractivity contribution in [1.82, 2.24) is 14.5 Å². The Morgan fingerprint density at radius 3 is 2.88 bits per heavy atom. The Kier molecular flexibility index (Phi) is 3.54. The van der Waals surface area contributed by atoms with Crippen LogP contribution < -0.4 is 0 Å². The third-order valence-corrected chi connectivity index (χ3v) is 2.84. The van der Waals surface area contributed by atoms with E-state index >= 15 is 0 Å². The number of imidazole rings is 1. The molecule has 2 heterocycles. The smallest absolute Gasteiger partial charge is 0.108 e. The van der Waals surface area contributed by atoms with E-state index in [4.69, 9.17) is 0 Å². The third kappa shape index (κ3) is 2.91. The summed E-state index contributed by atoms with van der Waals surface area (Å²) in [6.45, 7) is 1.97. The Morgan fingerprint density at radius 2 is 2.24 bits per heavy atom. The summed E-state index contributed by atoms with van der Waals surface area (Å²) >= 11 is 0. The Balaban J connectivity index is 1.98. The van der Waals surface area contributed by atoms with Crippen LogP contribution >= 0.6 is 0 Å². The van der Waals surface area contributed by atoms with E-state index in [0.29, 0.717) is 6.42 Å². The van der Waals surface area contributed by atoms with Crippen LogP contribution in [-0.2, 0) is 13.5 Å². The first-order valence-corrected chi connectivity index (χ1v) is 5.72. The summed E-state index contributed by atoms with van der Waals surface area (Å²) in [4.78, 5) is 8.32. The number of aryl methyl sites for hydroxylation is 3. The molecule has 1 atom stereocenters. The lowest BCUT2D eigenvalue weighted by Gasteiger charge is -2.10. The van der Waals surface area contributed by atoms with Gasteiger partial charge in [-0.1, -0.05) is 6.07 Å². The van der Waals surface area contributed by atoms with Crippen LogP contribution in [0.2, 0.25) is 0 Å². The number of hydrogen-bond donors (Lipinski definition) is 1. The minimum Gasteiger partial charge on any atom is -0.388 e. The summed E-state index contributed by atoms with van der Waals surface area (Å²) in [5.74, 6) is 0.990. The molecule has 0 aliphatic rings. The van der Waals surface area contributed by atoms with E-state index in [-0.39, 0.29) is 0 Å². The predicted molar refractivity (Wildman–Crippen MR) is 65.5 cm³/mol. The van der Waals surface area contributed by atoms with Crippen molar-refractivity contribution in [1.29, 1.82) is 0 Å². The summed E-state index contributed by atoms with van der Waals surface area (Å²) in [6.07, 6.45) is 8.14. The van der Waals surface area contributed by atoms with Crippen LogP contribution in [0.4, 0.5) is 0 Å². The van der Waals surface area contributed by atoms with Crippen LogP contribution in [0.3, 0.4) is 0 Å². The van der Waals surface area contributed by atoms with Crippen molar-refractivity contribution in [3.05, 3.63) is 47.8 Å². The van der Waals surface area contributed by atoms with Gasteiger partial charge in [0.05, 0.1) is 6.10 Å². The van der Waals surface area contributed by atoms with Gasteiger partial charge in [0.1, 0.15) is 5.82 Å². The molecular formula is C13H17N3O. The van der Waals surface area contributed by atoms with E-state index in [2.05, 4.69) is 9.97 Å². The van der Waals surface area contributed by atoms with Gasteiger partial charge in [-0.3, -0.25) is 4.98 Å². The predicted octanol–water partition coefficient (Wildman–Crippen LogP) is 1.79. The van der Waals surface area contributed by atoms with Gasteiger partial charge in [0.15, 0.2) is 0 Å². The molecule has 0 saturated carbocycles. The molecule has 0 aromatic carbocycles. The van der Waals surface area contributed by atoms with Crippen molar-refractivity contribution in [3.8, 4) is 0 Å². The zero-order valence-electron chi connectivity index (χ0n) is 10.2. The maximum absolute atomic E-state index is 10.1. The van der Waals surface area contributed by atoms with Gasteiger partial charge in [-0.05, 0) is 24.5 Å². The van der Waals surface area contributed by atoms with Gasteiger partial charge in [-0.15, -0.1) is 0 Å². The molecule has 0 aliphatic heterocycles. The lowest BCUT2D eigenvalue weighted by atomic mass is 10.1. The highest BCUT2D eigenvalue weighted by Crippen LogP contribution is 2.18. The number of rotatable bonds is 4. The molecule has 1 unspecified atom stereocenters.